The minimum absolute atomic E-state index is 0.527. The van der Waals surface area contributed by atoms with E-state index in [1.54, 1.807) is 6.20 Å². The molecule has 0 atom stereocenters. The molecule has 5 heteroatoms. The molecule has 3 nitrogen and oxygen atoms in total. The van der Waals surface area contributed by atoms with Crippen LogP contribution in [-0.2, 0) is 0 Å². The maximum atomic E-state index is 5.24. The molecule has 2 rings (SSSR count). The van der Waals surface area contributed by atoms with Crippen molar-refractivity contribution in [2.24, 2.45) is 0 Å². The lowest BCUT2D eigenvalue weighted by atomic mass is 10.3. The van der Waals surface area contributed by atoms with Crippen LogP contribution in [0.25, 0.3) is 0 Å². The number of nitrogens with zero attached hydrogens (tertiary/aromatic N) is 1. The van der Waals surface area contributed by atoms with Crippen molar-refractivity contribution in [2.75, 3.05) is 10.6 Å². The van der Waals surface area contributed by atoms with Crippen LogP contribution in [0.2, 0.25) is 0 Å². The second kappa shape index (κ2) is 5.93. The third kappa shape index (κ3) is 3.51. The predicted octanol–water partition coefficient (Wildman–Crippen LogP) is 3.96. The summed E-state index contributed by atoms with van der Waals surface area (Å²) in [5.41, 5.74) is 1.99. The van der Waals surface area contributed by atoms with Crippen molar-refractivity contribution in [3.05, 3.63) is 52.6 Å². The van der Waals surface area contributed by atoms with Crippen molar-refractivity contribution in [1.82, 2.24) is 4.98 Å². The van der Waals surface area contributed by atoms with E-state index in [-0.39, 0.29) is 0 Å². The molecule has 92 valence electrons. The number of aromatic nitrogens is 1. The molecular weight excluding hydrogens is 310 g/mol. The summed E-state index contributed by atoms with van der Waals surface area (Å²) in [7, 11) is 0. The standard InChI is InChI=1S/C13H12BrN3S/c1-9-3-2-8-15-12(9)17-13(18)16-11-6-4-10(14)5-7-11/h2-8H,1H3,(H2,15,16,17,18). The Labute approximate surface area is 120 Å². The number of hydrogen-bond donors (Lipinski definition) is 2. The van der Waals surface area contributed by atoms with Crippen LogP contribution in [0.3, 0.4) is 0 Å². The fourth-order valence-electron chi connectivity index (χ4n) is 1.42. The van der Waals surface area contributed by atoms with Gasteiger partial charge in [0.25, 0.3) is 0 Å². The Morgan fingerprint density at radius 2 is 1.89 bits per heavy atom. The zero-order valence-corrected chi connectivity index (χ0v) is 12.2. The lowest BCUT2D eigenvalue weighted by molar-refractivity contribution is 1.27. The molecule has 0 aliphatic rings. The van der Waals surface area contributed by atoms with E-state index in [2.05, 4.69) is 31.5 Å². The van der Waals surface area contributed by atoms with Gasteiger partial charge in [-0.15, -0.1) is 0 Å². The summed E-state index contributed by atoms with van der Waals surface area (Å²) in [6, 6.07) is 11.7. The molecule has 1 aromatic heterocycles. The molecule has 0 aliphatic heterocycles. The fraction of sp³-hybridized carbons (Fsp3) is 0.0769. The van der Waals surface area contributed by atoms with Crippen LogP contribution >= 0.6 is 28.1 Å². The third-order valence-electron chi connectivity index (χ3n) is 2.34. The summed E-state index contributed by atoms with van der Waals surface area (Å²) in [5, 5.41) is 6.70. The van der Waals surface area contributed by atoms with Gasteiger partial charge < -0.3 is 10.6 Å². The van der Waals surface area contributed by atoms with Gasteiger partial charge in [0.05, 0.1) is 0 Å². The SMILES string of the molecule is Cc1cccnc1NC(=S)Nc1ccc(Br)cc1. The quantitative estimate of drug-likeness (QED) is 0.821. The first-order valence-corrected chi connectivity index (χ1v) is 6.60. The molecule has 1 heterocycles. The number of rotatable bonds is 2. The van der Waals surface area contributed by atoms with Gasteiger partial charge >= 0.3 is 0 Å². The summed E-state index contributed by atoms with van der Waals surface area (Å²) in [4.78, 5) is 4.23. The Bertz CT molecular complexity index is 554. The number of anilines is 2. The van der Waals surface area contributed by atoms with E-state index in [1.165, 1.54) is 0 Å². The van der Waals surface area contributed by atoms with Crippen molar-refractivity contribution < 1.29 is 0 Å². The topological polar surface area (TPSA) is 37.0 Å². The molecule has 0 saturated heterocycles. The van der Waals surface area contributed by atoms with Crippen LogP contribution < -0.4 is 10.6 Å². The Morgan fingerprint density at radius 1 is 1.17 bits per heavy atom. The molecule has 0 aliphatic carbocycles. The van der Waals surface area contributed by atoms with Gasteiger partial charge in [0, 0.05) is 16.4 Å². The smallest absolute Gasteiger partial charge is 0.176 e. The van der Waals surface area contributed by atoms with Gasteiger partial charge in [-0.2, -0.15) is 0 Å². The van der Waals surface area contributed by atoms with Crippen molar-refractivity contribution in [2.45, 2.75) is 6.92 Å². The number of pyridine rings is 1. The summed E-state index contributed by atoms with van der Waals surface area (Å²) < 4.78 is 1.03. The molecule has 1 aromatic carbocycles. The van der Waals surface area contributed by atoms with E-state index >= 15 is 0 Å². The van der Waals surface area contributed by atoms with E-state index < -0.39 is 0 Å². The van der Waals surface area contributed by atoms with Crippen molar-refractivity contribution >= 4 is 44.8 Å². The molecule has 2 aromatic rings. The van der Waals surface area contributed by atoms with E-state index in [4.69, 9.17) is 12.2 Å². The lowest BCUT2D eigenvalue weighted by Gasteiger charge is -2.11. The fourth-order valence-corrected chi connectivity index (χ4v) is 1.90. The predicted molar refractivity (Wildman–Crippen MR) is 83.0 cm³/mol. The number of thiocarbonyl (C=S) groups is 1. The van der Waals surface area contributed by atoms with Gasteiger partial charge in [-0.3, -0.25) is 0 Å². The number of nitrogens with one attached hydrogen (secondary N) is 2. The Morgan fingerprint density at radius 3 is 2.56 bits per heavy atom. The van der Waals surface area contributed by atoms with Crippen LogP contribution in [0.1, 0.15) is 5.56 Å². The van der Waals surface area contributed by atoms with E-state index in [0.29, 0.717) is 5.11 Å². The molecule has 0 bridgehead atoms. The number of aryl methyl sites for hydroxylation is 1. The molecule has 0 unspecified atom stereocenters. The highest BCUT2D eigenvalue weighted by Gasteiger charge is 2.02. The first-order valence-electron chi connectivity index (χ1n) is 5.40. The summed E-state index contributed by atoms with van der Waals surface area (Å²) in [5.74, 6) is 0.770. The van der Waals surface area contributed by atoms with Gasteiger partial charge in [0.1, 0.15) is 5.82 Å². The molecule has 0 saturated carbocycles. The molecule has 0 fully saturated rings. The lowest BCUT2D eigenvalue weighted by Crippen LogP contribution is -2.20. The third-order valence-corrected chi connectivity index (χ3v) is 3.08. The van der Waals surface area contributed by atoms with Gasteiger partial charge in [-0.05, 0) is 55.0 Å². The van der Waals surface area contributed by atoms with Crippen molar-refractivity contribution in [3.63, 3.8) is 0 Å². The molecule has 0 amide bonds. The minimum atomic E-state index is 0.527. The highest BCUT2D eigenvalue weighted by atomic mass is 79.9. The first kappa shape index (κ1) is 13.0. The number of hydrogen-bond acceptors (Lipinski definition) is 2. The molecule has 0 radical (unpaired) electrons. The molecule has 2 N–H and O–H groups in total. The molecule has 18 heavy (non-hydrogen) atoms. The van der Waals surface area contributed by atoms with Crippen LogP contribution in [0, 0.1) is 6.92 Å². The monoisotopic (exact) mass is 321 g/mol. The van der Waals surface area contributed by atoms with Gasteiger partial charge in [0.2, 0.25) is 0 Å². The molecule has 0 spiro atoms. The number of benzene rings is 1. The zero-order valence-electron chi connectivity index (χ0n) is 9.77. The van der Waals surface area contributed by atoms with Crippen LogP contribution in [-0.4, -0.2) is 10.1 Å². The molecular formula is C13H12BrN3S. The second-order valence-corrected chi connectivity index (χ2v) is 5.08. The average molecular weight is 322 g/mol. The maximum absolute atomic E-state index is 5.24. The van der Waals surface area contributed by atoms with Crippen LogP contribution in [0.4, 0.5) is 11.5 Å². The minimum Gasteiger partial charge on any atom is -0.332 e. The van der Waals surface area contributed by atoms with E-state index in [1.807, 2.05) is 43.3 Å². The maximum Gasteiger partial charge on any atom is 0.176 e. The van der Waals surface area contributed by atoms with Crippen LogP contribution in [0.5, 0.6) is 0 Å². The van der Waals surface area contributed by atoms with Crippen molar-refractivity contribution in [3.8, 4) is 0 Å². The first-order chi connectivity index (χ1) is 8.65. The highest BCUT2D eigenvalue weighted by Crippen LogP contribution is 2.15. The summed E-state index contributed by atoms with van der Waals surface area (Å²) in [6.07, 6.45) is 1.73. The average Bonchev–Trinajstić information content (AvgIpc) is 2.35. The Hall–Kier alpha value is -1.46. The van der Waals surface area contributed by atoms with E-state index in [9.17, 15) is 0 Å². The van der Waals surface area contributed by atoms with E-state index in [0.717, 1.165) is 21.5 Å². The second-order valence-electron chi connectivity index (χ2n) is 3.75. The zero-order chi connectivity index (χ0) is 13.0. The van der Waals surface area contributed by atoms with Gasteiger partial charge in [0.15, 0.2) is 5.11 Å². The largest absolute Gasteiger partial charge is 0.332 e. The summed E-state index contributed by atoms with van der Waals surface area (Å²) >= 11 is 8.63. The van der Waals surface area contributed by atoms with Gasteiger partial charge in [-0.25, -0.2) is 4.98 Å². The van der Waals surface area contributed by atoms with Gasteiger partial charge in [-0.1, -0.05) is 22.0 Å². The van der Waals surface area contributed by atoms with Crippen LogP contribution in [0.15, 0.2) is 47.1 Å². The Kier molecular flexibility index (Phi) is 4.28. The summed E-state index contributed by atoms with van der Waals surface area (Å²) in [6.45, 7) is 1.98. The normalized spacial score (nSPS) is 9.89. The van der Waals surface area contributed by atoms with Crippen molar-refractivity contribution in [1.29, 1.82) is 0 Å². The highest BCUT2D eigenvalue weighted by molar-refractivity contribution is 9.10. The number of halogens is 1. The Balaban J connectivity index is 2.01.